The molecule has 0 bridgehead atoms. The van der Waals surface area contributed by atoms with E-state index in [-0.39, 0.29) is 11.5 Å². The molecule has 1 aliphatic heterocycles. The van der Waals surface area contributed by atoms with Crippen molar-refractivity contribution in [2.24, 2.45) is 0 Å². The third kappa shape index (κ3) is 4.10. The van der Waals surface area contributed by atoms with Crippen LogP contribution in [0, 0.1) is 20.8 Å². The number of halogens is 1. The highest BCUT2D eigenvalue weighted by Crippen LogP contribution is 2.38. The summed E-state index contributed by atoms with van der Waals surface area (Å²) in [4.78, 5) is 0. The minimum atomic E-state index is -3.34. The highest BCUT2D eigenvalue weighted by Gasteiger charge is 2.21. The molecule has 4 nitrogen and oxygen atoms in total. The van der Waals surface area contributed by atoms with Gasteiger partial charge in [-0.05, 0) is 55.2 Å². The van der Waals surface area contributed by atoms with Crippen LogP contribution in [0.5, 0.6) is 11.5 Å². The van der Waals surface area contributed by atoms with Crippen LogP contribution in [0.1, 0.15) is 27.8 Å². The Bertz CT molecular complexity index is 896. The first kappa shape index (κ1) is 18.1. The molecule has 0 unspecified atom stereocenters. The van der Waals surface area contributed by atoms with E-state index >= 15 is 0 Å². The van der Waals surface area contributed by atoms with Crippen LogP contribution < -0.4 is 9.47 Å². The van der Waals surface area contributed by atoms with E-state index in [9.17, 15) is 8.42 Å². The first-order valence-electron chi connectivity index (χ1n) is 8.10. The summed E-state index contributed by atoms with van der Waals surface area (Å²) in [6, 6.07) is 7.37. The van der Waals surface area contributed by atoms with E-state index in [4.69, 9.17) is 21.1 Å². The Hall–Kier alpha value is -1.72. The van der Waals surface area contributed by atoms with Gasteiger partial charge in [0.25, 0.3) is 0 Å². The molecule has 0 amide bonds. The fraction of sp³-hybridized carbons (Fsp3) is 0.368. The van der Waals surface area contributed by atoms with Crippen molar-refractivity contribution < 1.29 is 17.9 Å². The van der Waals surface area contributed by atoms with Gasteiger partial charge >= 0.3 is 0 Å². The third-order valence-electron chi connectivity index (χ3n) is 4.25. The summed E-state index contributed by atoms with van der Waals surface area (Å²) in [6.45, 7) is 6.78. The van der Waals surface area contributed by atoms with Gasteiger partial charge in [0.15, 0.2) is 21.3 Å². The lowest BCUT2D eigenvalue weighted by Gasteiger charge is -2.20. The number of fused-ring (bicyclic) bond motifs is 1. The molecule has 3 rings (SSSR count). The summed E-state index contributed by atoms with van der Waals surface area (Å²) in [6.07, 6.45) is 0. The lowest BCUT2D eigenvalue weighted by molar-refractivity contribution is 0.171. The summed E-state index contributed by atoms with van der Waals surface area (Å²) in [7, 11) is -3.34. The van der Waals surface area contributed by atoms with Crippen molar-refractivity contribution >= 4 is 21.4 Å². The van der Waals surface area contributed by atoms with E-state index < -0.39 is 9.84 Å². The van der Waals surface area contributed by atoms with Gasteiger partial charge in [0, 0.05) is 0 Å². The summed E-state index contributed by atoms with van der Waals surface area (Å²) < 4.78 is 36.4. The molecular weight excluding hydrogens is 360 g/mol. The zero-order chi connectivity index (χ0) is 18.2. The molecule has 2 aromatic rings. The van der Waals surface area contributed by atoms with Gasteiger partial charge in [0.05, 0.1) is 16.5 Å². The van der Waals surface area contributed by atoms with Crippen molar-refractivity contribution in [1.29, 1.82) is 0 Å². The Labute approximate surface area is 153 Å². The molecule has 6 heteroatoms. The van der Waals surface area contributed by atoms with Gasteiger partial charge < -0.3 is 9.47 Å². The van der Waals surface area contributed by atoms with E-state index in [2.05, 4.69) is 0 Å². The maximum absolute atomic E-state index is 12.7. The number of aryl methyl sites for hydroxylation is 3. The van der Waals surface area contributed by atoms with E-state index in [1.165, 1.54) is 0 Å². The molecule has 0 saturated heterocycles. The van der Waals surface area contributed by atoms with Crippen LogP contribution in [-0.2, 0) is 21.3 Å². The van der Waals surface area contributed by atoms with Gasteiger partial charge in [-0.2, -0.15) is 0 Å². The summed E-state index contributed by atoms with van der Waals surface area (Å²) in [5, 5.41) is 0.380. The fourth-order valence-electron chi connectivity index (χ4n) is 3.21. The molecule has 0 spiro atoms. The molecule has 0 aliphatic carbocycles. The van der Waals surface area contributed by atoms with Crippen LogP contribution in [0.4, 0.5) is 0 Å². The smallest absolute Gasteiger partial charge is 0.179 e. The molecule has 2 aromatic carbocycles. The Kier molecular flexibility index (Phi) is 4.98. The van der Waals surface area contributed by atoms with Gasteiger partial charge in [-0.1, -0.05) is 29.3 Å². The number of hydrogen-bond acceptors (Lipinski definition) is 4. The van der Waals surface area contributed by atoms with E-state index in [0.29, 0.717) is 35.3 Å². The third-order valence-corrected chi connectivity index (χ3v) is 6.03. The molecule has 0 N–H and O–H groups in total. The van der Waals surface area contributed by atoms with Crippen molar-refractivity contribution in [2.45, 2.75) is 32.3 Å². The Morgan fingerprint density at radius 3 is 2.28 bits per heavy atom. The second-order valence-corrected chi connectivity index (χ2v) is 8.98. The molecular formula is C19H21ClO4S. The summed E-state index contributed by atoms with van der Waals surface area (Å²) in [5.74, 6) is 0.915. The summed E-state index contributed by atoms with van der Waals surface area (Å²) >= 11 is 6.20. The molecule has 0 atom stereocenters. The Balaban J connectivity index is 1.86. The lowest BCUT2D eigenvalue weighted by atomic mass is 10.0. The molecule has 0 radical (unpaired) electrons. The average Bonchev–Trinajstić information content (AvgIpc) is 2.50. The molecule has 25 heavy (non-hydrogen) atoms. The predicted molar refractivity (Wildman–Crippen MR) is 99.4 cm³/mol. The minimum absolute atomic E-state index is 0.0109. The molecule has 0 saturated carbocycles. The van der Waals surface area contributed by atoms with Crippen molar-refractivity contribution in [3.8, 4) is 11.5 Å². The van der Waals surface area contributed by atoms with Crippen molar-refractivity contribution in [2.75, 3.05) is 13.2 Å². The van der Waals surface area contributed by atoms with Crippen LogP contribution in [0.15, 0.2) is 24.3 Å². The van der Waals surface area contributed by atoms with Crippen LogP contribution in [0.3, 0.4) is 0 Å². The molecule has 1 heterocycles. The standard InChI is InChI=1S/C19H21ClO4S/c1-12-6-13(2)16(14(3)7-12)11-25(21,22)10-15-8-17(20)19-18(9-15)23-4-5-24-19/h6-9H,4-5,10-11H2,1-3H3. The molecule has 134 valence electrons. The number of hydrogen-bond donors (Lipinski definition) is 0. The van der Waals surface area contributed by atoms with Gasteiger partial charge in [0.2, 0.25) is 0 Å². The highest BCUT2D eigenvalue weighted by atomic mass is 35.5. The van der Waals surface area contributed by atoms with E-state index in [0.717, 1.165) is 22.3 Å². The topological polar surface area (TPSA) is 52.6 Å². The zero-order valence-electron chi connectivity index (χ0n) is 14.6. The zero-order valence-corrected chi connectivity index (χ0v) is 16.1. The molecule has 0 fully saturated rings. The fourth-order valence-corrected chi connectivity index (χ4v) is 5.17. The first-order chi connectivity index (χ1) is 11.7. The highest BCUT2D eigenvalue weighted by molar-refractivity contribution is 7.89. The van der Waals surface area contributed by atoms with Gasteiger partial charge in [-0.25, -0.2) is 8.42 Å². The normalized spacial score (nSPS) is 13.8. The second-order valence-electron chi connectivity index (χ2n) is 6.51. The lowest BCUT2D eigenvalue weighted by Crippen LogP contribution is -2.16. The van der Waals surface area contributed by atoms with Crippen molar-refractivity contribution in [3.63, 3.8) is 0 Å². The number of benzene rings is 2. The quantitative estimate of drug-likeness (QED) is 0.799. The van der Waals surface area contributed by atoms with Gasteiger partial charge in [-0.3, -0.25) is 0 Å². The maximum Gasteiger partial charge on any atom is 0.179 e. The number of ether oxygens (including phenoxy) is 2. The largest absolute Gasteiger partial charge is 0.486 e. The van der Waals surface area contributed by atoms with Gasteiger partial charge in [-0.15, -0.1) is 0 Å². The van der Waals surface area contributed by atoms with Crippen LogP contribution in [0.25, 0.3) is 0 Å². The Morgan fingerprint density at radius 2 is 1.60 bits per heavy atom. The monoisotopic (exact) mass is 380 g/mol. The van der Waals surface area contributed by atoms with Crippen molar-refractivity contribution in [1.82, 2.24) is 0 Å². The molecule has 0 aromatic heterocycles. The van der Waals surface area contributed by atoms with Crippen LogP contribution >= 0.6 is 11.6 Å². The van der Waals surface area contributed by atoms with E-state index in [1.807, 2.05) is 32.9 Å². The first-order valence-corrected chi connectivity index (χ1v) is 10.3. The van der Waals surface area contributed by atoms with Crippen LogP contribution in [-0.4, -0.2) is 21.6 Å². The van der Waals surface area contributed by atoms with Gasteiger partial charge in [0.1, 0.15) is 13.2 Å². The van der Waals surface area contributed by atoms with E-state index in [1.54, 1.807) is 12.1 Å². The number of sulfone groups is 1. The second kappa shape index (κ2) is 6.89. The summed E-state index contributed by atoms with van der Waals surface area (Å²) in [5.41, 5.74) is 4.61. The minimum Gasteiger partial charge on any atom is -0.486 e. The van der Waals surface area contributed by atoms with Crippen molar-refractivity contribution in [3.05, 3.63) is 57.1 Å². The Morgan fingerprint density at radius 1 is 0.960 bits per heavy atom. The van der Waals surface area contributed by atoms with Crippen LogP contribution in [0.2, 0.25) is 5.02 Å². The predicted octanol–water partition coefficient (Wildman–Crippen LogP) is 4.15. The molecule has 1 aliphatic rings. The maximum atomic E-state index is 12.7. The SMILES string of the molecule is Cc1cc(C)c(CS(=O)(=O)Cc2cc(Cl)c3c(c2)OCCO3)c(C)c1. The number of rotatable bonds is 4. The average molecular weight is 381 g/mol.